The lowest BCUT2D eigenvalue weighted by atomic mass is 10.1. The Hall–Kier alpha value is -2.62. The van der Waals surface area contributed by atoms with E-state index in [1.165, 1.54) is 12.8 Å². The highest BCUT2D eigenvalue weighted by atomic mass is 16.1. The fraction of sp³-hybridized carbons (Fsp3) is 0.300. The molecule has 0 aliphatic carbocycles. The molecule has 0 aliphatic heterocycles. The molecule has 0 aliphatic rings. The number of unbranched alkanes of at least 4 members (excludes halogenated alkanes) is 3. The molecule has 4 nitrogen and oxygen atoms in total. The van der Waals surface area contributed by atoms with Gasteiger partial charge in [0.2, 0.25) is 5.91 Å². The van der Waals surface area contributed by atoms with Gasteiger partial charge in [0.15, 0.2) is 0 Å². The van der Waals surface area contributed by atoms with Crippen molar-refractivity contribution in [2.75, 3.05) is 5.32 Å². The van der Waals surface area contributed by atoms with Crippen molar-refractivity contribution in [1.82, 2.24) is 9.38 Å². The number of amides is 1. The van der Waals surface area contributed by atoms with Gasteiger partial charge in [-0.1, -0.05) is 44.4 Å². The van der Waals surface area contributed by atoms with E-state index in [2.05, 4.69) is 17.2 Å². The van der Waals surface area contributed by atoms with E-state index >= 15 is 0 Å². The summed E-state index contributed by atoms with van der Waals surface area (Å²) in [5, 5.41) is 2.99. The van der Waals surface area contributed by atoms with Gasteiger partial charge in [-0.25, -0.2) is 4.98 Å². The second-order valence-corrected chi connectivity index (χ2v) is 6.03. The number of nitrogens with one attached hydrogen (secondary N) is 1. The number of rotatable bonds is 7. The number of pyridine rings is 1. The molecule has 1 amide bonds. The van der Waals surface area contributed by atoms with E-state index < -0.39 is 0 Å². The summed E-state index contributed by atoms with van der Waals surface area (Å²) in [6.07, 6.45) is 9.00. The summed E-state index contributed by atoms with van der Waals surface area (Å²) in [6, 6.07) is 13.8. The van der Waals surface area contributed by atoms with Crippen LogP contribution in [0.25, 0.3) is 16.9 Å². The lowest BCUT2D eigenvalue weighted by molar-refractivity contribution is -0.116. The molecule has 0 fully saturated rings. The van der Waals surface area contributed by atoms with Gasteiger partial charge < -0.3 is 9.72 Å². The second-order valence-electron chi connectivity index (χ2n) is 6.03. The fourth-order valence-corrected chi connectivity index (χ4v) is 2.77. The van der Waals surface area contributed by atoms with Gasteiger partial charge in [0.05, 0.1) is 5.69 Å². The number of benzene rings is 1. The number of aromatic nitrogens is 2. The Kier molecular flexibility index (Phi) is 5.26. The van der Waals surface area contributed by atoms with E-state index in [0.29, 0.717) is 6.42 Å². The van der Waals surface area contributed by atoms with Crippen molar-refractivity contribution >= 4 is 17.2 Å². The first kappa shape index (κ1) is 16.2. The maximum absolute atomic E-state index is 12.0. The van der Waals surface area contributed by atoms with Crippen LogP contribution in [0.15, 0.2) is 54.9 Å². The zero-order valence-corrected chi connectivity index (χ0v) is 14.0. The number of hydrogen-bond donors (Lipinski definition) is 1. The minimum atomic E-state index is 0.0817. The average Bonchev–Trinajstić information content (AvgIpc) is 3.03. The molecule has 3 aromatic rings. The highest BCUT2D eigenvalue weighted by Crippen LogP contribution is 2.22. The van der Waals surface area contributed by atoms with E-state index in [9.17, 15) is 4.79 Å². The number of carbonyl (C=O) groups excluding carboxylic acids is 1. The van der Waals surface area contributed by atoms with Crippen molar-refractivity contribution in [3.05, 3.63) is 54.9 Å². The average molecular weight is 321 g/mol. The molecule has 0 saturated carbocycles. The molecule has 0 spiro atoms. The van der Waals surface area contributed by atoms with Crippen LogP contribution < -0.4 is 5.32 Å². The monoisotopic (exact) mass is 321 g/mol. The van der Waals surface area contributed by atoms with E-state index in [4.69, 9.17) is 0 Å². The number of imidazole rings is 1. The van der Waals surface area contributed by atoms with Crippen LogP contribution in [0, 0.1) is 0 Å². The van der Waals surface area contributed by atoms with E-state index in [0.717, 1.165) is 35.4 Å². The molecule has 2 heterocycles. The van der Waals surface area contributed by atoms with Gasteiger partial charge in [-0.05, 0) is 30.7 Å². The third-order valence-corrected chi connectivity index (χ3v) is 4.06. The van der Waals surface area contributed by atoms with Crippen molar-refractivity contribution < 1.29 is 4.79 Å². The lowest BCUT2D eigenvalue weighted by Gasteiger charge is -2.06. The number of fused-ring (bicyclic) bond motifs is 1. The first-order valence-electron chi connectivity index (χ1n) is 8.60. The molecule has 0 bridgehead atoms. The Morgan fingerprint density at radius 2 is 2.04 bits per heavy atom. The Morgan fingerprint density at radius 3 is 2.88 bits per heavy atom. The van der Waals surface area contributed by atoms with Crippen molar-refractivity contribution in [2.45, 2.75) is 39.0 Å². The van der Waals surface area contributed by atoms with Crippen molar-refractivity contribution in [1.29, 1.82) is 0 Å². The molecule has 0 unspecified atom stereocenters. The number of carbonyl (C=O) groups is 1. The van der Waals surface area contributed by atoms with Gasteiger partial charge in [0.1, 0.15) is 5.65 Å². The van der Waals surface area contributed by atoms with E-state index in [1.54, 1.807) is 0 Å². The number of nitrogens with zero attached hydrogens (tertiary/aromatic N) is 2. The summed E-state index contributed by atoms with van der Waals surface area (Å²) >= 11 is 0. The maximum atomic E-state index is 12.0. The Bertz CT molecular complexity index is 789. The van der Waals surface area contributed by atoms with Crippen molar-refractivity contribution in [3.8, 4) is 11.3 Å². The largest absolute Gasteiger partial charge is 0.326 e. The molecule has 24 heavy (non-hydrogen) atoms. The molecule has 3 rings (SSSR count). The molecule has 4 heteroatoms. The Balaban J connectivity index is 1.68. The fourth-order valence-electron chi connectivity index (χ4n) is 2.77. The van der Waals surface area contributed by atoms with Crippen LogP contribution in [-0.4, -0.2) is 15.3 Å². The zero-order valence-electron chi connectivity index (χ0n) is 14.0. The smallest absolute Gasteiger partial charge is 0.224 e. The highest BCUT2D eigenvalue weighted by molar-refractivity contribution is 5.91. The number of anilines is 1. The van der Waals surface area contributed by atoms with Crippen molar-refractivity contribution in [2.24, 2.45) is 0 Å². The third-order valence-electron chi connectivity index (χ3n) is 4.06. The predicted molar refractivity (Wildman–Crippen MR) is 98.0 cm³/mol. The van der Waals surface area contributed by atoms with Gasteiger partial charge in [0.25, 0.3) is 0 Å². The second kappa shape index (κ2) is 7.77. The molecule has 124 valence electrons. The van der Waals surface area contributed by atoms with Gasteiger partial charge in [-0.3, -0.25) is 4.79 Å². The topological polar surface area (TPSA) is 46.4 Å². The third kappa shape index (κ3) is 4.02. The SMILES string of the molecule is CCCCCCC(=O)Nc1cccc(-c2cn3ccccc3n2)c1. The standard InChI is InChI=1S/C20H23N3O/c1-2-3-4-5-12-20(24)21-17-10-8-9-16(14-17)18-15-23-13-7-6-11-19(23)22-18/h6-11,13-15H,2-5,12H2,1H3,(H,21,24). The zero-order chi connectivity index (χ0) is 16.8. The highest BCUT2D eigenvalue weighted by Gasteiger charge is 2.07. The molecular weight excluding hydrogens is 298 g/mol. The minimum absolute atomic E-state index is 0.0817. The summed E-state index contributed by atoms with van der Waals surface area (Å²) in [5.41, 5.74) is 3.64. The maximum Gasteiger partial charge on any atom is 0.224 e. The van der Waals surface area contributed by atoms with Crippen LogP contribution in [0.5, 0.6) is 0 Å². The van der Waals surface area contributed by atoms with Gasteiger partial charge in [-0.15, -0.1) is 0 Å². The van der Waals surface area contributed by atoms with Crippen LogP contribution in [-0.2, 0) is 4.79 Å². The Labute approximate surface area is 142 Å². The van der Waals surface area contributed by atoms with Crippen LogP contribution in [0.3, 0.4) is 0 Å². The molecule has 2 aromatic heterocycles. The summed E-state index contributed by atoms with van der Waals surface area (Å²) in [6.45, 7) is 2.17. The molecular formula is C20H23N3O. The van der Waals surface area contributed by atoms with E-state index in [1.807, 2.05) is 59.3 Å². The molecule has 1 aromatic carbocycles. The van der Waals surface area contributed by atoms with Gasteiger partial charge in [-0.2, -0.15) is 0 Å². The normalized spacial score (nSPS) is 10.9. The van der Waals surface area contributed by atoms with E-state index in [-0.39, 0.29) is 5.91 Å². The quantitative estimate of drug-likeness (QED) is 0.628. The summed E-state index contributed by atoms with van der Waals surface area (Å²) < 4.78 is 1.99. The first-order chi connectivity index (χ1) is 11.8. The predicted octanol–water partition coefficient (Wildman–Crippen LogP) is 4.91. The molecule has 1 N–H and O–H groups in total. The molecule has 0 atom stereocenters. The lowest BCUT2D eigenvalue weighted by Crippen LogP contribution is -2.11. The number of hydrogen-bond acceptors (Lipinski definition) is 2. The summed E-state index contributed by atoms with van der Waals surface area (Å²) in [5.74, 6) is 0.0817. The minimum Gasteiger partial charge on any atom is -0.326 e. The van der Waals surface area contributed by atoms with Crippen molar-refractivity contribution in [3.63, 3.8) is 0 Å². The van der Waals surface area contributed by atoms with Crippen LogP contribution in [0.2, 0.25) is 0 Å². The van der Waals surface area contributed by atoms with Crippen LogP contribution >= 0.6 is 0 Å². The molecule has 0 radical (unpaired) electrons. The van der Waals surface area contributed by atoms with Crippen LogP contribution in [0.4, 0.5) is 5.69 Å². The first-order valence-corrected chi connectivity index (χ1v) is 8.60. The Morgan fingerprint density at radius 1 is 1.12 bits per heavy atom. The molecule has 0 saturated heterocycles. The van der Waals surface area contributed by atoms with Gasteiger partial charge in [0, 0.05) is 30.1 Å². The summed E-state index contributed by atoms with van der Waals surface area (Å²) in [4.78, 5) is 16.7. The van der Waals surface area contributed by atoms with Gasteiger partial charge >= 0.3 is 0 Å². The van der Waals surface area contributed by atoms with Crippen LogP contribution in [0.1, 0.15) is 39.0 Å². The summed E-state index contributed by atoms with van der Waals surface area (Å²) in [7, 11) is 0.